The lowest BCUT2D eigenvalue weighted by molar-refractivity contribution is 0.100. The molecule has 0 aliphatic rings. The predicted octanol–water partition coefficient (Wildman–Crippen LogP) is 2.89. The number of methoxy groups -OCH3 is 1. The van der Waals surface area contributed by atoms with Crippen molar-refractivity contribution >= 4 is 28.2 Å². The molecule has 34 heavy (non-hydrogen) atoms. The van der Waals surface area contributed by atoms with Gasteiger partial charge in [-0.05, 0) is 24.1 Å². The zero-order chi connectivity index (χ0) is 24.5. The summed E-state index contributed by atoms with van der Waals surface area (Å²) in [5.74, 6) is 0.223. The van der Waals surface area contributed by atoms with Crippen LogP contribution in [0.1, 0.15) is 29.3 Å². The Kier molecular flexibility index (Phi) is 8.62. The van der Waals surface area contributed by atoms with Gasteiger partial charge in [0.1, 0.15) is 12.7 Å². The van der Waals surface area contributed by atoms with E-state index in [4.69, 9.17) is 20.5 Å². The van der Waals surface area contributed by atoms with Gasteiger partial charge < -0.3 is 30.9 Å². The van der Waals surface area contributed by atoms with Crippen molar-refractivity contribution in [3.63, 3.8) is 0 Å². The van der Waals surface area contributed by atoms with Crippen molar-refractivity contribution in [2.24, 2.45) is 5.73 Å². The van der Waals surface area contributed by atoms with E-state index >= 15 is 0 Å². The van der Waals surface area contributed by atoms with Crippen LogP contribution in [0.25, 0.3) is 10.9 Å². The number of primary amides is 1. The summed E-state index contributed by atoms with van der Waals surface area (Å²) < 4.78 is 11.3. The van der Waals surface area contributed by atoms with Gasteiger partial charge in [0.25, 0.3) is 5.91 Å². The molecule has 0 bridgehead atoms. The number of nitrogens with two attached hydrogens (primary N) is 1. The number of anilines is 2. The maximum atomic E-state index is 12.2. The van der Waals surface area contributed by atoms with E-state index in [-0.39, 0.29) is 18.7 Å². The number of aryl methyl sites for hydroxylation is 1. The molecule has 9 nitrogen and oxygen atoms in total. The fourth-order valence-corrected chi connectivity index (χ4v) is 3.54. The second-order valence-corrected chi connectivity index (χ2v) is 7.64. The zero-order valence-corrected chi connectivity index (χ0v) is 19.3. The monoisotopic (exact) mass is 463 g/mol. The number of hydrogen-bond acceptors (Lipinski definition) is 8. The minimum absolute atomic E-state index is 0.00574. The molecule has 9 heteroatoms. The third kappa shape index (κ3) is 5.92. The van der Waals surface area contributed by atoms with E-state index in [1.54, 1.807) is 12.1 Å². The molecule has 0 fully saturated rings. The Balaban J connectivity index is 1.97. The molecule has 5 N–H and O–H groups in total. The topological polar surface area (TPSA) is 143 Å². The van der Waals surface area contributed by atoms with Crippen molar-refractivity contribution in [2.45, 2.75) is 25.9 Å². The lowest BCUT2D eigenvalue weighted by Crippen LogP contribution is -2.31. The number of carbonyl (C=O) groups is 1. The Morgan fingerprint density at radius 3 is 2.79 bits per heavy atom. The number of benzene rings is 2. The third-order valence-electron chi connectivity index (χ3n) is 5.30. The van der Waals surface area contributed by atoms with Gasteiger partial charge >= 0.3 is 0 Å². The molecule has 1 heterocycles. The van der Waals surface area contributed by atoms with Crippen LogP contribution < -0.4 is 25.8 Å². The van der Waals surface area contributed by atoms with Gasteiger partial charge in [-0.25, -0.2) is 0 Å². The van der Waals surface area contributed by atoms with Crippen LogP contribution in [0.4, 0.5) is 11.4 Å². The van der Waals surface area contributed by atoms with E-state index in [1.165, 1.54) is 13.3 Å². The Bertz CT molecular complexity index is 1190. The van der Waals surface area contributed by atoms with E-state index < -0.39 is 12.0 Å². The number of amides is 1. The van der Waals surface area contributed by atoms with Gasteiger partial charge in [0.05, 0.1) is 29.9 Å². The summed E-state index contributed by atoms with van der Waals surface area (Å²) >= 11 is 0. The smallest absolute Gasteiger partial charge is 0.252 e. The Morgan fingerprint density at radius 1 is 1.29 bits per heavy atom. The van der Waals surface area contributed by atoms with E-state index in [1.807, 2.05) is 30.3 Å². The molecular weight excluding hydrogens is 434 g/mol. The maximum Gasteiger partial charge on any atom is 0.252 e. The maximum absolute atomic E-state index is 12.2. The molecule has 3 rings (SSSR count). The summed E-state index contributed by atoms with van der Waals surface area (Å²) in [5, 5.41) is 25.8. The molecule has 2 aromatic carbocycles. The van der Waals surface area contributed by atoms with Crippen LogP contribution in [0.2, 0.25) is 0 Å². The van der Waals surface area contributed by atoms with Gasteiger partial charge in [-0.3, -0.25) is 9.78 Å². The van der Waals surface area contributed by atoms with Gasteiger partial charge in [0.2, 0.25) is 0 Å². The van der Waals surface area contributed by atoms with E-state index in [0.717, 1.165) is 17.7 Å². The largest absolute Gasteiger partial charge is 0.493 e. The number of nitriles is 1. The zero-order valence-electron chi connectivity index (χ0n) is 19.3. The van der Waals surface area contributed by atoms with Gasteiger partial charge in [-0.15, -0.1) is 0 Å². The number of aliphatic hydroxyl groups excluding tert-OH is 1. The summed E-state index contributed by atoms with van der Waals surface area (Å²) in [6.45, 7) is 2.83. The molecule has 1 aromatic heterocycles. The molecule has 0 aliphatic carbocycles. The first kappa shape index (κ1) is 24.8. The second kappa shape index (κ2) is 11.8. The first-order chi connectivity index (χ1) is 16.5. The number of aliphatic hydroxyl groups is 1. The van der Waals surface area contributed by atoms with E-state index in [9.17, 15) is 9.90 Å². The van der Waals surface area contributed by atoms with Gasteiger partial charge in [0.15, 0.2) is 11.5 Å². The van der Waals surface area contributed by atoms with Gasteiger partial charge in [-0.1, -0.05) is 25.1 Å². The molecule has 3 aromatic rings. The Hall–Kier alpha value is -3.87. The lowest BCUT2D eigenvalue weighted by Gasteiger charge is -2.18. The number of hydrogen-bond donors (Lipinski definition) is 4. The number of para-hydroxylation sites is 1. The highest BCUT2D eigenvalue weighted by Crippen LogP contribution is 2.37. The van der Waals surface area contributed by atoms with Crippen LogP contribution in [0.15, 0.2) is 42.6 Å². The molecule has 1 amide bonds. The van der Waals surface area contributed by atoms with Crippen molar-refractivity contribution in [3.8, 4) is 17.6 Å². The molecule has 0 spiro atoms. The summed E-state index contributed by atoms with van der Waals surface area (Å²) in [6.07, 6.45) is 1.82. The van der Waals surface area contributed by atoms with Crippen LogP contribution in [-0.2, 0) is 6.42 Å². The molecule has 0 radical (unpaired) electrons. The molecule has 0 saturated heterocycles. The molecule has 178 valence electrons. The molecule has 0 aliphatic heterocycles. The van der Waals surface area contributed by atoms with Crippen molar-refractivity contribution in [2.75, 3.05) is 32.1 Å². The molecular formula is C25H29N5O4. The summed E-state index contributed by atoms with van der Waals surface area (Å²) in [4.78, 5) is 16.6. The number of fused-ring (bicyclic) bond motifs is 1. The highest BCUT2D eigenvalue weighted by atomic mass is 16.5. The quantitative estimate of drug-likeness (QED) is 0.300. The summed E-state index contributed by atoms with van der Waals surface area (Å²) in [6, 6.07) is 13.3. The highest BCUT2D eigenvalue weighted by Gasteiger charge is 2.18. The molecule has 1 unspecified atom stereocenters. The Morgan fingerprint density at radius 2 is 2.09 bits per heavy atom. The number of nitrogens with one attached hydrogen (secondary N) is 2. The average Bonchev–Trinajstić information content (AvgIpc) is 2.85. The van der Waals surface area contributed by atoms with Crippen LogP contribution in [-0.4, -0.2) is 48.9 Å². The number of rotatable bonds is 12. The summed E-state index contributed by atoms with van der Waals surface area (Å²) in [7, 11) is 1.52. The second-order valence-electron chi connectivity index (χ2n) is 7.64. The van der Waals surface area contributed by atoms with Crippen LogP contribution >= 0.6 is 0 Å². The highest BCUT2D eigenvalue weighted by molar-refractivity contribution is 6.08. The number of aromatic nitrogens is 1. The third-order valence-corrected chi connectivity index (χ3v) is 5.30. The van der Waals surface area contributed by atoms with Gasteiger partial charge in [-0.2, -0.15) is 5.26 Å². The fraction of sp³-hybridized carbons (Fsp3) is 0.320. The van der Waals surface area contributed by atoms with Crippen molar-refractivity contribution in [1.29, 1.82) is 5.26 Å². The number of ether oxygens (including phenoxy) is 2. The van der Waals surface area contributed by atoms with Crippen molar-refractivity contribution < 1.29 is 19.4 Å². The number of nitrogens with zero attached hydrogens (tertiary/aromatic N) is 2. The lowest BCUT2D eigenvalue weighted by atomic mass is 10.1. The molecule has 1 atom stereocenters. The minimum Gasteiger partial charge on any atom is -0.493 e. The first-order valence-electron chi connectivity index (χ1n) is 11.0. The number of carbonyl (C=O) groups excluding carboxylic acids is 1. The average molecular weight is 464 g/mol. The van der Waals surface area contributed by atoms with E-state index in [0.29, 0.717) is 41.1 Å². The fourth-order valence-electron chi connectivity index (χ4n) is 3.54. The van der Waals surface area contributed by atoms with Gasteiger partial charge in [0, 0.05) is 42.8 Å². The predicted molar refractivity (Wildman–Crippen MR) is 131 cm³/mol. The van der Waals surface area contributed by atoms with Crippen LogP contribution in [0, 0.1) is 11.3 Å². The molecule has 0 saturated carbocycles. The minimum atomic E-state index is -0.789. The standard InChI is InChI=1S/C25H29N5O4/c1-3-16-7-4-5-8-20(16)30-24-18-11-23(34-15-17(31)13-28-10-6-9-26)22(33-2)12-21(18)29-14-19(24)25(27)32/h4-5,7-8,11-12,14,17,28,31H,3,6,10,13,15H2,1-2H3,(H2,27,32)(H,29,30). The number of pyridine rings is 1. The van der Waals surface area contributed by atoms with Crippen molar-refractivity contribution in [3.05, 3.63) is 53.7 Å². The summed E-state index contributed by atoms with van der Waals surface area (Å²) in [5.41, 5.74) is 8.95. The van der Waals surface area contributed by atoms with E-state index in [2.05, 4.69) is 22.5 Å². The SMILES string of the molecule is CCc1ccccc1Nc1c(C(N)=O)cnc2cc(OC)c(OCC(O)CNCCC#N)cc12. The first-order valence-corrected chi connectivity index (χ1v) is 11.0. The van der Waals surface area contributed by atoms with Crippen molar-refractivity contribution in [1.82, 2.24) is 10.3 Å². The Labute approximate surface area is 198 Å². The van der Waals surface area contributed by atoms with Crippen LogP contribution in [0.5, 0.6) is 11.5 Å². The normalized spacial score (nSPS) is 11.6. The van der Waals surface area contributed by atoms with Crippen LogP contribution in [0.3, 0.4) is 0 Å².